The molecule has 2 rings (SSSR count). The number of phosphoric acid groups is 1. The van der Waals surface area contributed by atoms with Crippen LogP contribution in [0.4, 0.5) is 5.69 Å². The first-order valence-electron chi connectivity index (χ1n) is 5.45. The minimum absolute atomic E-state index is 0.200. The predicted molar refractivity (Wildman–Crippen MR) is 63.6 cm³/mol. The summed E-state index contributed by atoms with van der Waals surface area (Å²) in [4.78, 5) is 25.6. The molecule has 0 saturated carbocycles. The van der Waals surface area contributed by atoms with Crippen LogP contribution >= 0.6 is 7.82 Å². The molecular weight excluding hydrogens is 253 g/mol. The van der Waals surface area contributed by atoms with Gasteiger partial charge in [0.1, 0.15) is 7.05 Å². The number of para-hydroxylation sites is 1. The van der Waals surface area contributed by atoms with Crippen molar-refractivity contribution in [3.63, 3.8) is 0 Å². The molecular formula is C12H16NO4P-2. The topological polar surface area (TPSA) is 89.3 Å². The van der Waals surface area contributed by atoms with Crippen LogP contribution in [0.25, 0.3) is 0 Å². The van der Waals surface area contributed by atoms with Crippen molar-refractivity contribution in [1.29, 1.82) is 0 Å². The first-order valence-corrected chi connectivity index (χ1v) is 6.91. The molecule has 100 valence electrons. The number of hydrogen-bond donors (Lipinski definition) is 0. The van der Waals surface area contributed by atoms with Crippen LogP contribution in [0.2, 0.25) is 0 Å². The predicted octanol–water partition coefficient (Wildman–Crippen LogP) is -0.112. The molecule has 0 fully saturated rings. The van der Waals surface area contributed by atoms with Gasteiger partial charge < -0.3 is 19.2 Å². The number of rotatable bonds is 0. The van der Waals surface area contributed by atoms with E-state index in [9.17, 15) is 0 Å². The number of fused-ring (bicyclic) bond motifs is 1. The Morgan fingerprint density at radius 2 is 1.61 bits per heavy atom. The summed E-state index contributed by atoms with van der Waals surface area (Å²) in [7, 11) is -3.25. The van der Waals surface area contributed by atoms with Crippen LogP contribution in [0.3, 0.4) is 0 Å². The Labute approximate surface area is 107 Å². The SMILES string of the molecule is CC1=[N+](C)c2ccccc2C1(C)C.O=P([O-])([O-])[O-]. The van der Waals surface area contributed by atoms with Gasteiger partial charge in [0, 0.05) is 18.6 Å². The molecule has 18 heavy (non-hydrogen) atoms. The summed E-state index contributed by atoms with van der Waals surface area (Å²) in [5.41, 5.74) is 4.42. The maximum atomic E-state index is 8.55. The molecule has 0 atom stereocenters. The van der Waals surface area contributed by atoms with E-state index in [1.165, 1.54) is 17.0 Å². The molecule has 0 unspecified atom stereocenters. The molecule has 0 saturated heterocycles. The third kappa shape index (κ3) is 3.27. The van der Waals surface area contributed by atoms with Crippen LogP contribution in [-0.2, 0) is 9.98 Å². The minimum atomic E-state index is -5.39. The molecule has 0 aliphatic carbocycles. The molecule has 0 N–H and O–H groups in total. The van der Waals surface area contributed by atoms with E-state index in [1.54, 1.807) is 0 Å². The lowest BCUT2D eigenvalue weighted by atomic mass is 9.82. The summed E-state index contributed by atoms with van der Waals surface area (Å²) in [6, 6.07) is 8.63. The Kier molecular flexibility index (Phi) is 4.13. The van der Waals surface area contributed by atoms with Gasteiger partial charge in [0.15, 0.2) is 5.71 Å². The first kappa shape index (κ1) is 15.1. The molecule has 0 radical (unpaired) electrons. The van der Waals surface area contributed by atoms with Gasteiger partial charge in [-0.15, -0.1) is 0 Å². The third-order valence-electron chi connectivity index (χ3n) is 3.35. The van der Waals surface area contributed by atoms with Gasteiger partial charge in [-0.2, -0.15) is 7.82 Å². The Hall–Kier alpha value is -1.00. The van der Waals surface area contributed by atoms with Crippen molar-refractivity contribution in [2.75, 3.05) is 7.05 Å². The van der Waals surface area contributed by atoms with Crippen molar-refractivity contribution in [2.45, 2.75) is 26.2 Å². The van der Waals surface area contributed by atoms with E-state index in [2.05, 4.69) is 56.7 Å². The van der Waals surface area contributed by atoms with Crippen molar-refractivity contribution in [3.05, 3.63) is 29.8 Å². The zero-order valence-electron chi connectivity index (χ0n) is 10.8. The van der Waals surface area contributed by atoms with Gasteiger partial charge in [-0.25, -0.2) is 4.58 Å². The number of nitrogens with zero attached hydrogens (tertiary/aromatic N) is 1. The molecule has 1 aliphatic rings. The largest absolute Gasteiger partial charge is 0.822 e. The normalized spacial score (nSPS) is 17.1. The molecule has 6 heteroatoms. The fraction of sp³-hybridized carbons (Fsp3) is 0.417. The van der Waals surface area contributed by atoms with E-state index in [4.69, 9.17) is 19.2 Å². The monoisotopic (exact) mass is 269 g/mol. The minimum Gasteiger partial charge on any atom is -0.822 e. The summed E-state index contributed by atoms with van der Waals surface area (Å²) < 4.78 is 10.8. The molecule has 1 heterocycles. The Balaban J connectivity index is 0.000000280. The fourth-order valence-electron chi connectivity index (χ4n) is 2.09. The van der Waals surface area contributed by atoms with E-state index in [0.717, 1.165) is 0 Å². The maximum Gasteiger partial charge on any atom is 0.209 e. The van der Waals surface area contributed by atoms with Crippen LogP contribution < -0.4 is 14.7 Å². The summed E-state index contributed by atoms with van der Waals surface area (Å²) >= 11 is 0. The number of hydrogen-bond acceptors (Lipinski definition) is 4. The highest BCUT2D eigenvalue weighted by atomic mass is 31.2. The van der Waals surface area contributed by atoms with Crippen LogP contribution in [0.1, 0.15) is 26.3 Å². The first-order chi connectivity index (χ1) is 8.05. The van der Waals surface area contributed by atoms with E-state index < -0.39 is 7.82 Å². The van der Waals surface area contributed by atoms with Crippen LogP contribution in [-0.4, -0.2) is 17.3 Å². The average Bonchev–Trinajstić information content (AvgIpc) is 2.40. The summed E-state index contributed by atoms with van der Waals surface area (Å²) in [5, 5.41) is 0. The molecule has 0 spiro atoms. The Bertz CT molecular complexity index is 522. The van der Waals surface area contributed by atoms with Crippen molar-refractivity contribution < 1.29 is 23.8 Å². The molecule has 0 amide bonds. The smallest absolute Gasteiger partial charge is 0.209 e. The molecule has 0 aromatic heterocycles. The lowest BCUT2D eigenvalue weighted by Gasteiger charge is -2.36. The Morgan fingerprint density at radius 3 is 2.06 bits per heavy atom. The maximum absolute atomic E-state index is 8.55. The van der Waals surface area contributed by atoms with Gasteiger partial charge in [0.2, 0.25) is 5.69 Å². The second kappa shape index (κ2) is 4.94. The second-order valence-electron chi connectivity index (χ2n) is 4.73. The highest BCUT2D eigenvalue weighted by Gasteiger charge is 2.40. The van der Waals surface area contributed by atoms with E-state index in [1.807, 2.05) is 0 Å². The van der Waals surface area contributed by atoms with Gasteiger partial charge in [0.05, 0.1) is 5.41 Å². The van der Waals surface area contributed by atoms with Gasteiger partial charge in [-0.05, 0) is 13.8 Å². The summed E-state index contributed by atoms with van der Waals surface area (Å²) in [6.07, 6.45) is 0. The van der Waals surface area contributed by atoms with Gasteiger partial charge >= 0.3 is 0 Å². The fourth-order valence-corrected chi connectivity index (χ4v) is 2.09. The third-order valence-corrected chi connectivity index (χ3v) is 3.35. The standard InChI is InChI=1S/C12H16N.H3O4P/c1-9-12(2,3)10-7-5-6-8-11(10)13(9)4;1-5(2,3)4/h5-8H,1-4H3;(H3,1,2,3,4)/q+1;/p-3. The van der Waals surface area contributed by atoms with Crippen molar-refractivity contribution in [3.8, 4) is 0 Å². The average molecular weight is 269 g/mol. The lowest BCUT2D eigenvalue weighted by molar-refractivity contribution is -0.432. The number of benzene rings is 1. The van der Waals surface area contributed by atoms with E-state index >= 15 is 0 Å². The molecule has 1 aromatic rings. The highest BCUT2D eigenvalue weighted by Crippen LogP contribution is 2.38. The van der Waals surface area contributed by atoms with Crippen molar-refractivity contribution >= 4 is 19.2 Å². The zero-order valence-corrected chi connectivity index (χ0v) is 11.7. The van der Waals surface area contributed by atoms with Crippen molar-refractivity contribution in [1.82, 2.24) is 0 Å². The Morgan fingerprint density at radius 1 is 1.17 bits per heavy atom. The van der Waals surface area contributed by atoms with E-state index in [0.29, 0.717) is 0 Å². The van der Waals surface area contributed by atoms with E-state index in [-0.39, 0.29) is 5.41 Å². The molecule has 1 aliphatic heterocycles. The van der Waals surface area contributed by atoms with Crippen LogP contribution in [0.5, 0.6) is 0 Å². The van der Waals surface area contributed by atoms with Gasteiger partial charge in [-0.3, -0.25) is 0 Å². The quantitative estimate of drug-likeness (QED) is 0.485. The second-order valence-corrected chi connectivity index (χ2v) is 5.63. The lowest BCUT2D eigenvalue weighted by Crippen LogP contribution is -2.25. The highest BCUT2D eigenvalue weighted by molar-refractivity contribution is 7.40. The zero-order chi connectivity index (χ0) is 14.1. The van der Waals surface area contributed by atoms with Crippen LogP contribution in [0, 0.1) is 0 Å². The molecule has 0 bridgehead atoms. The van der Waals surface area contributed by atoms with Gasteiger partial charge in [-0.1, -0.05) is 18.2 Å². The van der Waals surface area contributed by atoms with Crippen molar-refractivity contribution in [2.24, 2.45) is 0 Å². The summed E-state index contributed by atoms with van der Waals surface area (Å²) in [6.45, 7) is 6.77. The van der Waals surface area contributed by atoms with Crippen LogP contribution in [0.15, 0.2) is 24.3 Å². The molecule has 1 aromatic carbocycles. The van der Waals surface area contributed by atoms with Gasteiger partial charge in [0.25, 0.3) is 0 Å². The molecule has 5 nitrogen and oxygen atoms in total. The summed E-state index contributed by atoms with van der Waals surface area (Å²) in [5.74, 6) is 0.